The molecule has 0 unspecified atom stereocenters. The van der Waals surface area contributed by atoms with Gasteiger partial charge in [0.2, 0.25) is 5.91 Å². The number of ether oxygens (including phenoxy) is 5. The van der Waals surface area contributed by atoms with E-state index in [2.05, 4.69) is 12.2 Å². The van der Waals surface area contributed by atoms with Gasteiger partial charge in [0.25, 0.3) is 0 Å². The quantitative estimate of drug-likeness (QED) is 0.108. The lowest BCUT2D eigenvalue weighted by Gasteiger charge is -2.47. The fraction of sp³-hybridized carbons (Fsp3) is 0.958. The number of rotatable bonds is 16. The van der Waals surface area contributed by atoms with Crippen LogP contribution in [0.4, 0.5) is 0 Å². The Morgan fingerprint density at radius 3 is 2.08 bits per heavy atom. The molecule has 0 aromatic heterocycles. The highest BCUT2D eigenvalue weighted by atomic mass is 16.7. The molecule has 0 aliphatic carbocycles. The molecule has 2 aliphatic heterocycles. The van der Waals surface area contributed by atoms with Gasteiger partial charge in [-0.2, -0.15) is 0 Å². The third kappa shape index (κ3) is 9.32. The van der Waals surface area contributed by atoms with Gasteiger partial charge in [0.15, 0.2) is 12.6 Å². The number of carbonyl (C=O) groups is 1. The summed E-state index contributed by atoms with van der Waals surface area (Å²) < 4.78 is 28.5. The van der Waals surface area contributed by atoms with Gasteiger partial charge in [-0.05, 0) is 6.42 Å². The van der Waals surface area contributed by atoms with Crippen LogP contribution < -0.4 is 11.1 Å². The van der Waals surface area contributed by atoms with Crippen molar-refractivity contribution in [2.24, 2.45) is 5.73 Å². The molecule has 37 heavy (non-hydrogen) atoms. The molecule has 0 saturated carbocycles. The average molecular weight is 539 g/mol. The van der Waals surface area contributed by atoms with Gasteiger partial charge in [-0.1, -0.05) is 39.0 Å². The second-order valence-electron chi connectivity index (χ2n) is 9.51. The molecule has 0 bridgehead atoms. The van der Waals surface area contributed by atoms with Crippen molar-refractivity contribution >= 4 is 5.91 Å². The zero-order valence-electron chi connectivity index (χ0n) is 21.8. The van der Waals surface area contributed by atoms with E-state index >= 15 is 0 Å². The van der Waals surface area contributed by atoms with Crippen LogP contribution in [0.2, 0.25) is 0 Å². The summed E-state index contributed by atoms with van der Waals surface area (Å²) in [5, 5.41) is 54.6. The third-order valence-electron chi connectivity index (χ3n) is 6.54. The van der Waals surface area contributed by atoms with Crippen molar-refractivity contribution in [3.8, 4) is 0 Å². The van der Waals surface area contributed by atoms with Crippen LogP contribution in [0.25, 0.3) is 0 Å². The second-order valence-corrected chi connectivity index (χ2v) is 9.51. The predicted molar refractivity (Wildman–Crippen MR) is 130 cm³/mol. The molecule has 2 aliphatic rings. The van der Waals surface area contributed by atoms with E-state index < -0.39 is 80.5 Å². The fourth-order valence-corrected chi connectivity index (χ4v) is 4.58. The number of hydrogen-bond acceptors (Lipinski definition) is 12. The number of nitrogens with one attached hydrogen (secondary N) is 1. The highest BCUT2D eigenvalue weighted by Gasteiger charge is 2.51. The molecule has 2 fully saturated rings. The summed E-state index contributed by atoms with van der Waals surface area (Å²) in [5.41, 5.74) is 5.43. The van der Waals surface area contributed by atoms with E-state index in [0.717, 1.165) is 32.1 Å². The maximum absolute atomic E-state index is 11.9. The smallest absolute Gasteiger partial charge is 0.217 e. The first-order valence-electron chi connectivity index (χ1n) is 13.2. The van der Waals surface area contributed by atoms with Crippen LogP contribution in [-0.2, 0) is 28.5 Å². The minimum atomic E-state index is -1.61. The number of unbranched alkanes of at least 4 members (excludes halogenated alkanes) is 5. The third-order valence-corrected chi connectivity index (χ3v) is 6.54. The Balaban J connectivity index is 2.07. The van der Waals surface area contributed by atoms with Crippen LogP contribution in [0.15, 0.2) is 0 Å². The number of amides is 1. The molecule has 0 aromatic carbocycles. The van der Waals surface area contributed by atoms with E-state index in [9.17, 15) is 30.3 Å². The lowest BCUT2D eigenvalue weighted by Crippen LogP contribution is -2.67. The van der Waals surface area contributed by atoms with Gasteiger partial charge < -0.3 is 60.3 Å². The van der Waals surface area contributed by atoms with E-state index in [-0.39, 0.29) is 13.2 Å². The van der Waals surface area contributed by atoms with E-state index in [1.807, 2.05) is 0 Å². The molecule has 218 valence electrons. The first-order chi connectivity index (χ1) is 17.8. The van der Waals surface area contributed by atoms with E-state index in [1.54, 1.807) is 0 Å². The zero-order chi connectivity index (χ0) is 27.4. The van der Waals surface area contributed by atoms with Crippen molar-refractivity contribution in [3.05, 3.63) is 0 Å². The molecule has 2 saturated heterocycles. The van der Waals surface area contributed by atoms with Crippen LogP contribution in [0.5, 0.6) is 0 Å². The Labute approximate surface area is 218 Å². The van der Waals surface area contributed by atoms with Gasteiger partial charge in [0.1, 0.15) is 48.8 Å². The predicted octanol–water partition coefficient (Wildman–Crippen LogP) is -1.89. The molecule has 0 radical (unpaired) electrons. The molecule has 0 spiro atoms. The Kier molecular flexibility index (Phi) is 14.7. The molecule has 13 heteroatoms. The summed E-state index contributed by atoms with van der Waals surface area (Å²) in [4.78, 5) is 11.9. The molecular formula is C24H46N2O11. The van der Waals surface area contributed by atoms with Gasteiger partial charge in [0.05, 0.1) is 19.8 Å². The maximum atomic E-state index is 11.9. The van der Waals surface area contributed by atoms with E-state index in [4.69, 9.17) is 29.4 Å². The topological polar surface area (TPSA) is 202 Å². The molecule has 13 nitrogen and oxygen atoms in total. The standard InChI is InChI=1S/C24H46N2O11/c1-3-4-5-6-7-8-10-34-23-17(26-14(2)29)18(30)22(16(13-28)35-23)37-24-20(32)19(31)21(33-11-9-25)15(12-27)36-24/h15-24,27-28,30-32H,3-13,25H2,1-2H3,(H,26,29)/t15-,16-,17-,18-,19-,20-,21+,22-,23-,24+/m1/s1. The van der Waals surface area contributed by atoms with Gasteiger partial charge in [-0.3, -0.25) is 4.79 Å². The SMILES string of the molecule is CCCCCCCCO[C@@H]1O[C@H](CO)[C@@H](O[C@@H]2O[C@H](CO)[C@H](OCCN)[C@H](O)[C@H]2O)[C@H](O)[C@H]1NC(C)=O. The van der Waals surface area contributed by atoms with Crippen molar-refractivity contribution in [1.29, 1.82) is 0 Å². The van der Waals surface area contributed by atoms with Crippen LogP contribution >= 0.6 is 0 Å². The molecule has 2 rings (SSSR count). The van der Waals surface area contributed by atoms with Crippen molar-refractivity contribution in [2.75, 3.05) is 33.0 Å². The molecule has 8 N–H and O–H groups in total. The van der Waals surface area contributed by atoms with Crippen LogP contribution in [0, 0.1) is 0 Å². The molecule has 0 aromatic rings. The highest BCUT2D eigenvalue weighted by Crippen LogP contribution is 2.30. The summed E-state index contributed by atoms with van der Waals surface area (Å²) in [7, 11) is 0. The molecular weight excluding hydrogens is 492 g/mol. The second kappa shape index (κ2) is 16.9. The Bertz CT molecular complexity index is 644. The van der Waals surface area contributed by atoms with E-state index in [0.29, 0.717) is 6.61 Å². The first kappa shape index (κ1) is 32.2. The zero-order valence-corrected chi connectivity index (χ0v) is 21.8. The van der Waals surface area contributed by atoms with Gasteiger partial charge >= 0.3 is 0 Å². The Morgan fingerprint density at radius 1 is 0.838 bits per heavy atom. The lowest BCUT2D eigenvalue weighted by atomic mass is 9.95. The summed E-state index contributed by atoms with van der Waals surface area (Å²) in [6.07, 6.45) is -5.25. The monoisotopic (exact) mass is 538 g/mol. The van der Waals surface area contributed by atoms with Crippen molar-refractivity contribution in [3.63, 3.8) is 0 Å². The van der Waals surface area contributed by atoms with Crippen molar-refractivity contribution < 1.29 is 54.0 Å². The van der Waals surface area contributed by atoms with Gasteiger partial charge in [-0.25, -0.2) is 0 Å². The van der Waals surface area contributed by atoms with Crippen molar-refractivity contribution in [2.45, 2.75) is 114 Å². The van der Waals surface area contributed by atoms with Crippen LogP contribution in [0.1, 0.15) is 52.4 Å². The molecule has 2 heterocycles. The minimum Gasteiger partial charge on any atom is -0.394 e. The number of nitrogens with two attached hydrogens (primary N) is 1. The summed E-state index contributed by atoms with van der Waals surface area (Å²) in [6, 6.07) is -1.04. The summed E-state index contributed by atoms with van der Waals surface area (Å²) in [6.45, 7) is 2.88. The largest absolute Gasteiger partial charge is 0.394 e. The minimum absolute atomic E-state index is 0.0696. The molecule has 1 amide bonds. The maximum Gasteiger partial charge on any atom is 0.217 e. The number of carbonyl (C=O) groups excluding carboxylic acids is 1. The first-order valence-corrected chi connectivity index (χ1v) is 13.2. The Hall–Kier alpha value is -0.970. The summed E-state index contributed by atoms with van der Waals surface area (Å²) in [5.74, 6) is -0.438. The van der Waals surface area contributed by atoms with E-state index in [1.165, 1.54) is 13.3 Å². The lowest BCUT2D eigenvalue weighted by molar-refractivity contribution is -0.351. The van der Waals surface area contributed by atoms with Crippen LogP contribution in [0.3, 0.4) is 0 Å². The highest BCUT2D eigenvalue weighted by molar-refractivity contribution is 5.73. The number of aliphatic hydroxyl groups excluding tert-OH is 5. The van der Waals surface area contributed by atoms with Gasteiger partial charge in [0, 0.05) is 20.1 Å². The number of aliphatic hydroxyl groups is 5. The van der Waals surface area contributed by atoms with Gasteiger partial charge in [-0.15, -0.1) is 0 Å². The molecule has 10 atom stereocenters. The summed E-state index contributed by atoms with van der Waals surface area (Å²) >= 11 is 0. The Morgan fingerprint density at radius 2 is 1.46 bits per heavy atom. The fourth-order valence-electron chi connectivity index (χ4n) is 4.58. The normalized spacial score (nSPS) is 36.4. The average Bonchev–Trinajstić information content (AvgIpc) is 2.88. The number of hydrogen-bond donors (Lipinski definition) is 7. The van der Waals surface area contributed by atoms with Crippen molar-refractivity contribution in [1.82, 2.24) is 5.32 Å². The van der Waals surface area contributed by atoms with Crippen LogP contribution in [-0.4, -0.2) is 126 Å².